The van der Waals surface area contributed by atoms with E-state index in [1.54, 1.807) is 18.9 Å². The third-order valence-corrected chi connectivity index (χ3v) is 3.63. The third kappa shape index (κ3) is 4.76. The van der Waals surface area contributed by atoms with E-state index in [1.165, 1.54) is 0 Å². The minimum Gasteiger partial charge on any atom is -0.385 e. The smallest absolute Gasteiger partial charge is 0.248 e. The summed E-state index contributed by atoms with van der Waals surface area (Å²) in [4.78, 5) is 25.8. The van der Waals surface area contributed by atoms with Gasteiger partial charge in [-0.05, 0) is 19.8 Å². The summed E-state index contributed by atoms with van der Waals surface area (Å²) < 4.78 is 10.4. The lowest BCUT2D eigenvalue weighted by Gasteiger charge is -2.31. The van der Waals surface area contributed by atoms with Crippen molar-refractivity contribution in [3.05, 3.63) is 0 Å². The van der Waals surface area contributed by atoms with Gasteiger partial charge in [0.1, 0.15) is 5.54 Å². The number of carbonyl (C=O) groups is 2. The monoisotopic (exact) mass is 286 g/mol. The van der Waals surface area contributed by atoms with Crippen LogP contribution in [0.25, 0.3) is 0 Å². The summed E-state index contributed by atoms with van der Waals surface area (Å²) in [5, 5.41) is 2.82. The maximum Gasteiger partial charge on any atom is 0.248 e. The molecule has 116 valence electrons. The van der Waals surface area contributed by atoms with Crippen molar-refractivity contribution in [3.8, 4) is 0 Å². The predicted octanol–water partition coefficient (Wildman–Crippen LogP) is 0.557. The molecule has 1 unspecified atom stereocenters. The van der Waals surface area contributed by atoms with E-state index in [0.29, 0.717) is 45.8 Å². The molecule has 1 fully saturated rings. The first kappa shape index (κ1) is 16.9. The summed E-state index contributed by atoms with van der Waals surface area (Å²) in [6.45, 7) is 6.46. The number of hydrogen-bond donors (Lipinski definition) is 1. The van der Waals surface area contributed by atoms with Crippen molar-refractivity contribution in [1.82, 2.24) is 10.2 Å². The Balaban J connectivity index is 2.43. The fraction of sp³-hybridized carbons (Fsp3) is 0.857. The Bertz CT molecular complexity index is 335. The normalized spacial score (nSPS) is 23.6. The van der Waals surface area contributed by atoms with Crippen LogP contribution in [0.15, 0.2) is 0 Å². The zero-order chi connectivity index (χ0) is 15.0. The van der Waals surface area contributed by atoms with Crippen molar-refractivity contribution < 1.29 is 19.1 Å². The molecule has 0 saturated carbocycles. The lowest BCUT2D eigenvalue weighted by molar-refractivity contribution is -0.138. The molecule has 0 aromatic rings. The molecule has 0 aromatic heterocycles. The van der Waals surface area contributed by atoms with Gasteiger partial charge in [-0.15, -0.1) is 0 Å². The van der Waals surface area contributed by atoms with E-state index in [1.807, 2.05) is 6.92 Å². The van der Waals surface area contributed by atoms with Crippen molar-refractivity contribution in [1.29, 1.82) is 0 Å². The van der Waals surface area contributed by atoms with E-state index in [9.17, 15) is 9.59 Å². The number of ether oxygens (including phenoxy) is 2. The molecule has 6 heteroatoms. The van der Waals surface area contributed by atoms with Crippen LogP contribution < -0.4 is 5.32 Å². The van der Waals surface area contributed by atoms with Crippen LogP contribution in [-0.4, -0.2) is 62.3 Å². The number of rotatable bonds is 8. The lowest BCUT2D eigenvalue weighted by Crippen LogP contribution is -2.55. The van der Waals surface area contributed by atoms with Gasteiger partial charge in [-0.3, -0.25) is 9.59 Å². The van der Waals surface area contributed by atoms with Crippen LogP contribution in [0.2, 0.25) is 0 Å². The first-order valence-electron chi connectivity index (χ1n) is 7.20. The molecule has 0 spiro atoms. The van der Waals surface area contributed by atoms with Crippen molar-refractivity contribution in [2.24, 2.45) is 0 Å². The molecule has 0 radical (unpaired) electrons. The number of methoxy groups -OCH3 is 1. The van der Waals surface area contributed by atoms with E-state index < -0.39 is 5.54 Å². The summed E-state index contributed by atoms with van der Waals surface area (Å²) >= 11 is 0. The first-order valence-corrected chi connectivity index (χ1v) is 7.20. The van der Waals surface area contributed by atoms with Gasteiger partial charge >= 0.3 is 0 Å². The molecule has 2 amide bonds. The second kappa shape index (κ2) is 8.21. The largest absolute Gasteiger partial charge is 0.385 e. The molecule has 1 saturated heterocycles. The molecule has 1 atom stereocenters. The molecule has 0 aliphatic carbocycles. The Labute approximate surface area is 120 Å². The van der Waals surface area contributed by atoms with Crippen LogP contribution in [0.4, 0.5) is 0 Å². The highest BCUT2D eigenvalue weighted by Crippen LogP contribution is 2.17. The molecular weight excluding hydrogens is 260 g/mol. The Kier molecular flexibility index (Phi) is 6.95. The van der Waals surface area contributed by atoms with Crippen LogP contribution in [-0.2, 0) is 19.1 Å². The number of carbonyl (C=O) groups excluding carboxylic acids is 2. The van der Waals surface area contributed by atoms with Crippen molar-refractivity contribution in [2.75, 3.05) is 40.0 Å². The average molecular weight is 286 g/mol. The predicted molar refractivity (Wildman–Crippen MR) is 75.3 cm³/mol. The van der Waals surface area contributed by atoms with E-state index in [-0.39, 0.29) is 11.8 Å². The summed E-state index contributed by atoms with van der Waals surface area (Å²) in [6.07, 6.45) is 1.78. The van der Waals surface area contributed by atoms with E-state index in [2.05, 4.69) is 5.32 Å². The van der Waals surface area contributed by atoms with Crippen LogP contribution in [0.5, 0.6) is 0 Å². The SMILES string of the molecule is CCC1(C)NC(=O)CCN(CCOCCCOC)C1=O. The highest BCUT2D eigenvalue weighted by atomic mass is 16.5. The fourth-order valence-electron chi connectivity index (χ4n) is 2.15. The first-order chi connectivity index (χ1) is 9.53. The second-order valence-electron chi connectivity index (χ2n) is 5.23. The van der Waals surface area contributed by atoms with Gasteiger partial charge in [-0.2, -0.15) is 0 Å². The van der Waals surface area contributed by atoms with Crippen molar-refractivity contribution in [3.63, 3.8) is 0 Å². The number of hydrogen-bond acceptors (Lipinski definition) is 4. The number of amides is 2. The van der Waals surface area contributed by atoms with Gasteiger partial charge in [0.25, 0.3) is 0 Å². The molecule has 0 bridgehead atoms. The van der Waals surface area contributed by atoms with Crippen molar-refractivity contribution in [2.45, 2.75) is 38.6 Å². The van der Waals surface area contributed by atoms with E-state index >= 15 is 0 Å². The Morgan fingerprint density at radius 1 is 1.30 bits per heavy atom. The average Bonchev–Trinajstić information content (AvgIpc) is 2.54. The van der Waals surface area contributed by atoms with Gasteiger partial charge in [0.05, 0.1) is 6.61 Å². The molecule has 1 aliphatic rings. The van der Waals surface area contributed by atoms with Gasteiger partial charge in [-0.25, -0.2) is 0 Å². The van der Waals surface area contributed by atoms with Crippen LogP contribution >= 0.6 is 0 Å². The van der Waals surface area contributed by atoms with Crippen molar-refractivity contribution >= 4 is 11.8 Å². The topological polar surface area (TPSA) is 67.9 Å². The maximum absolute atomic E-state index is 12.4. The van der Waals surface area contributed by atoms with Gasteiger partial charge in [0.15, 0.2) is 0 Å². The number of nitrogens with zero attached hydrogens (tertiary/aromatic N) is 1. The zero-order valence-corrected chi connectivity index (χ0v) is 12.7. The quantitative estimate of drug-likeness (QED) is 0.662. The van der Waals surface area contributed by atoms with E-state index in [0.717, 1.165) is 6.42 Å². The van der Waals surface area contributed by atoms with Gasteiger partial charge in [0, 0.05) is 39.8 Å². The zero-order valence-electron chi connectivity index (χ0n) is 12.7. The Hall–Kier alpha value is -1.14. The summed E-state index contributed by atoms with van der Waals surface area (Å²) in [5.41, 5.74) is -0.788. The van der Waals surface area contributed by atoms with E-state index in [4.69, 9.17) is 9.47 Å². The molecule has 20 heavy (non-hydrogen) atoms. The highest BCUT2D eigenvalue weighted by Gasteiger charge is 2.38. The minimum absolute atomic E-state index is 0.0219. The van der Waals surface area contributed by atoms with Crippen LogP contribution in [0.3, 0.4) is 0 Å². The summed E-state index contributed by atoms with van der Waals surface area (Å²) in [6, 6.07) is 0. The third-order valence-electron chi connectivity index (χ3n) is 3.63. The Morgan fingerprint density at radius 2 is 2.05 bits per heavy atom. The maximum atomic E-state index is 12.4. The second-order valence-corrected chi connectivity index (χ2v) is 5.23. The van der Waals surface area contributed by atoms with Crippen LogP contribution in [0.1, 0.15) is 33.1 Å². The van der Waals surface area contributed by atoms with Crippen LogP contribution in [0, 0.1) is 0 Å². The fourth-order valence-corrected chi connectivity index (χ4v) is 2.15. The van der Waals surface area contributed by atoms with Gasteiger partial charge < -0.3 is 19.7 Å². The van der Waals surface area contributed by atoms with Gasteiger partial charge in [0.2, 0.25) is 11.8 Å². The molecule has 1 rings (SSSR count). The standard InChI is InChI=1S/C14H26N2O4/c1-4-14(2)13(18)16(7-6-12(17)15-14)8-11-20-10-5-9-19-3/h4-11H2,1-3H3,(H,15,17). The molecule has 0 aromatic carbocycles. The number of nitrogens with one attached hydrogen (secondary N) is 1. The molecule has 1 N–H and O–H groups in total. The lowest BCUT2D eigenvalue weighted by atomic mass is 9.97. The molecule has 1 heterocycles. The minimum atomic E-state index is -0.788. The summed E-state index contributed by atoms with van der Waals surface area (Å²) in [5.74, 6) is -0.0856. The van der Waals surface area contributed by atoms with Gasteiger partial charge in [-0.1, -0.05) is 6.92 Å². The molecular formula is C14H26N2O4. The highest BCUT2D eigenvalue weighted by molar-refractivity contribution is 5.93. The summed E-state index contributed by atoms with van der Waals surface area (Å²) in [7, 11) is 1.66. The molecule has 1 aliphatic heterocycles. The Morgan fingerprint density at radius 3 is 2.70 bits per heavy atom. The molecule has 6 nitrogen and oxygen atoms in total.